The zero-order valence-corrected chi connectivity index (χ0v) is 13.7. The lowest BCUT2D eigenvalue weighted by molar-refractivity contribution is 0.101. The van der Waals surface area contributed by atoms with Crippen LogP contribution in [-0.4, -0.2) is 35.4 Å². The Kier molecular flexibility index (Phi) is 3.94. The minimum absolute atomic E-state index is 0.0760. The van der Waals surface area contributed by atoms with E-state index in [-0.39, 0.29) is 6.01 Å². The minimum Gasteiger partial charge on any atom is -0.431 e. The molecule has 0 fully saturated rings. The molecule has 0 bridgehead atoms. The Morgan fingerprint density at radius 1 is 1.19 bits per heavy atom. The minimum atomic E-state index is -0.419. The number of oxazole rings is 1. The van der Waals surface area contributed by atoms with Crippen molar-refractivity contribution in [2.45, 2.75) is 6.92 Å². The maximum absolute atomic E-state index is 12.6. The van der Waals surface area contributed by atoms with Gasteiger partial charge in [0.15, 0.2) is 0 Å². The molecule has 4 rings (SSSR count). The number of aromatic nitrogens is 6. The number of rotatable bonds is 4. The SMILES string of the molecule is Cc1cccnc1-c1coc(NC(=O)c2cncn2-c2cncnc2)n1. The van der Waals surface area contributed by atoms with E-state index < -0.39 is 5.91 Å². The predicted molar refractivity (Wildman–Crippen MR) is 91.6 cm³/mol. The van der Waals surface area contributed by atoms with Crippen LogP contribution in [0.25, 0.3) is 17.1 Å². The fourth-order valence-electron chi connectivity index (χ4n) is 2.44. The smallest absolute Gasteiger partial charge is 0.302 e. The van der Waals surface area contributed by atoms with Crippen LogP contribution in [-0.2, 0) is 0 Å². The standard InChI is InChI=1S/C17H13N7O2/c1-11-3-2-4-21-15(11)13-8-26-17(22-13)23-16(25)14-7-20-10-24(14)12-5-18-9-19-6-12/h2-10H,1H3,(H,22,23,25). The first-order valence-corrected chi connectivity index (χ1v) is 7.69. The predicted octanol–water partition coefficient (Wildman–Crippen LogP) is 2.27. The van der Waals surface area contributed by atoms with Gasteiger partial charge in [0.25, 0.3) is 5.91 Å². The Morgan fingerprint density at radius 2 is 2.04 bits per heavy atom. The molecular weight excluding hydrogens is 334 g/mol. The van der Waals surface area contributed by atoms with Gasteiger partial charge in [-0.25, -0.2) is 15.0 Å². The van der Waals surface area contributed by atoms with E-state index in [1.54, 1.807) is 23.2 Å². The number of nitrogens with zero attached hydrogens (tertiary/aromatic N) is 6. The Morgan fingerprint density at radius 3 is 2.85 bits per heavy atom. The second-order valence-electron chi connectivity index (χ2n) is 5.41. The van der Waals surface area contributed by atoms with E-state index in [0.29, 0.717) is 22.8 Å². The molecular formula is C17H13N7O2. The highest BCUT2D eigenvalue weighted by Crippen LogP contribution is 2.22. The van der Waals surface area contributed by atoms with Crippen molar-refractivity contribution < 1.29 is 9.21 Å². The molecule has 0 aliphatic heterocycles. The van der Waals surface area contributed by atoms with E-state index in [0.717, 1.165) is 5.56 Å². The number of hydrogen-bond acceptors (Lipinski definition) is 7. The van der Waals surface area contributed by atoms with Crippen molar-refractivity contribution in [3.05, 3.63) is 67.1 Å². The van der Waals surface area contributed by atoms with Crippen LogP contribution in [0.1, 0.15) is 16.1 Å². The molecule has 128 valence electrons. The molecule has 4 aromatic rings. The van der Waals surface area contributed by atoms with Gasteiger partial charge in [0.2, 0.25) is 0 Å². The third-order valence-electron chi connectivity index (χ3n) is 3.67. The maximum Gasteiger partial charge on any atom is 0.302 e. The average molecular weight is 347 g/mol. The van der Waals surface area contributed by atoms with Crippen molar-refractivity contribution >= 4 is 11.9 Å². The third kappa shape index (κ3) is 2.93. The zero-order chi connectivity index (χ0) is 17.9. The van der Waals surface area contributed by atoms with E-state index in [2.05, 4.69) is 30.2 Å². The summed E-state index contributed by atoms with van der Waals surface area (Å²) in [4.78, 5) is 33.0. The van der Waals surface area contributed by atoms with Crippen LogP contribution in [0.15, 0.2) is 60.3 Å². The Bertz CT molecular complexity index is 1060. The van der Waals surface area contributed by atoms with Crippen LogP contribution in [0.4, 0.5) is 6.01 Å². The summed E-state index contributed by atoms with van der Waals surface area (Å²) in [5.41, 5.74) is 3.12. The first-order chi connectivity index (χ1) is 12.7. The van der Waals surface area contributed by atoms with Crippen LogP contribution < -0.4 is 5.32 Å². The van der Waals surface area contributed by atoms with Crippen molar-refractivity contribution in [2.24, 2.45) is 0 Å². The normalized spacial score (nSPS) is 10.7. The van der Waals surface area contributed by atoms with Crippen molar-refractivity contribution in [1.29, 1.82) is 0 Å². The summed E-state index contributed by atoms with van der Waals surface area (Å²) in [6.07, 6.45) is 10.6. The van der Waals surface area contributed by atoms with Crippen molar-refractivity contribution in [3.63, 3.8) is 0 Å². The lowest BCUT2D eigenvalue weighted by Gasteiger charge is -2.05. The van der Waals surface area contributed by atoms with Gasteiger partial charge in [-0.1, -0.05) is 6.07 Å². The number of pyridine rings is 1. The lowest BCUT2D eigenvalue weighted by Crippen LogP contribution is -2.16. The van der Waals surface area contributed by atoms with Gasteiger partial charge < -0.3 is 4.42 Å². The zero-order valence-electron chi connectivity index (χ0n) is 13.7. The van der Waals surface area contributed by atoms with Gasteiger partial charge >= 0.3 is 6.01 Å². The molecule has 4 heterocycles. The molecule has 0 saturated heterocycles. The van der Waals surface area contributed by atoms with Gasteiger partial charge in [-0.3, -0.25) is 19.7 Å². The monoisotopic (exact) mass is 347 g/mol. The molecule has 0 atom stereocenters. The highest BCUT2D eigenvalue weighted by Gasteiger charge is 2.17. The third-order valence-corrected chi connectivity index (χ3v) is 3.67. The van der Waals surface area contributed by atoms with E-state index >= 15 is 0 Å². The number of amides is 1. The molecule has 0 saturated carbocycles. The van der Waals surface area contributed by atoms with Gasteiger partial charge in [-0.15, -0.1) is 0 Å². The van der Waals surface area contributed by atoms with Gasteiger partial charge in [-0.2, -0.15) is 4.98 Å². The fourth-order valence-corrected chi connectivity index (χ4v) is 2.44. The summed E-state index contributed by atoms with van der Waals surface area (Å²) in [7, 11) is 0. The van der Waals surface area contributed by atoms with Crippen LogP contribution in [0.3, 0.4) is 0 Å². The molecule has 0 spiro atoms. The van der Waals surface area contributed by atoms with Crippen molar-refractivity contribution in [3.8, 4) is 17.1 Å². The van der Waals surface area contributed by atoms with Crippen LogP contribution in [0.5, 0.6) is 0 Å². The molecule has 0 aliphatic carbocycles. The van der Waals surface area contributed by atoms with E-state index in [9.17, 15) is 4.79 Å². The number of aryl methyl sites for hydroxylation is 1. The highest BCUT2D eigenvalue weighted by atomic mass is 16.4. The molecule has 0 unspecified atom stereocenters. The molecule has 1 amide bonds. The van der Waals surface area contributed by atoms with Crippen LogP contribution in [0, 0.1) is 6.92 Å². The summed E-state index contributed by atoms with van der Waals surface area (Å²) in [5, 5.41) is 2.62. The van der Waals surface area contributed by atoms with Gasteiger partial charge in [-0.05, 0) is 18.6 Å². The van der Waals surface area contributed by atoms with E-state index in [1.165, 1.54) is 25.1 Å². The van der Waals surface area contributed by atoms with Crippen LogP contribution in [0.2, 0.25) is 0 Å². The average Bonchev–Trinajstić information content (AvgIpc) is 3.32. The Balaban J connectivity index is 1.57. The second kappa shape index (κ2) is 6.55. The Labute approximate surface area is 147 Å². The maximum atomic E-state index is 12.6. The molecule has 0 aromatic carbocycles. The second-order valence-corrected chi connectivity index (χ2v) is 5.41. The van der Waals surface area contributed by atoms with E-state index in [4.69, 9.17) is 4.42 Å². The van der Waals surface area contributed by atoms with Crippen molar-refractivity contribution in [1.82, 2.24) is 29.5 Å². The first kappa shape index (κ1) is 15.6. The first-order valence-electron chi connectivity index (χ1n) is 7.69. The Hall–Kier alpha value is -3.88. The summed E-state index contributed by atoms with van der Waals surface area (Å²) < 4.78 is 6.92. The fraction of sp³-hybridized carbons (Fsp3) is 0.0588. The number of carbonyl (C=O) groups is 1. The number of anilines is 1. The quantitative estimate of drug-likeness (QED) is 0.602. The van der Waals surface area contributed by atoms with Gasteiger partial charge in [0.05, 0.1) is 36.3 Å². The molecule has 0 aliphatic rings. The number of hydrogen-bond donors (Lipinski definition) is 1. The summed E-state index contributed by atoms with van der Waals surface area (Å²) in [6, 6.07) is 3.85. The number of imidazole rings is 1. The highest BCUT2D eigenvalue weighted by molar-refractivity contribution is 6.02. The van der Waals surface area contributed by atoms with Crippen molar-refractivity contribution in [2.75, 3.05) is 5.32 Å². The molecule has 9 nitrogen and oxygen atoms in total. The molecule has 26 heavy (non-hydrogen) atoms. The molecule has 1 N–H and O–H groups in total. The summed E-state index contributed by atoms with van der Waals surface area (Å²) >= 11 is 0. The number of nitrogens with one attached hydrogen (secondary N) is 1. The van der Waals surface area contributed by atoms with Gasteiger partial charge in [0.1, 0.15) is 24.0 Å². The summed E-state index contributed by atoms with van der Waals surface area (Å²) in [5.74, 6) is -0.419. The topological polar surface area (TPSA) is 112 Å². The van der Waals surface area contributed by atoms with E-state index in [1.807, 2.05) is 19.1 Å². The summed E-state index contributed by atoms with van der Waals surface area (Å²) in [6.45, 7) is 1.93. The number of carbonyl (C=O) groups excluding carboxylic acids is 1. The van der Waals surface area contributed by atoms with Crippen LogP contribution >= 0.6 is 0 Å². The van der Waals surface area contributed by atoms with Gasteiger partial charge in [0, 0.05) is 6.20 Å². The largest absolute Gasteiger partial charge is 0.431 e. The molecule has 0 radical (unpaired) electrons. The molecule has 4 aromatic heterocycles. The molecule has 9 heteroatoms. The lowest BCUT2D eigenvalue weighted by atomic mass is 10.2.